The van der Waals surface area contributed by atoms with Crippen LogP contribution in [0.1, 0.15) is 20.8 Å². The summed E-state index contributed by atoms with van der Waals surface area (Å²) in [4.78, 5) is 29.3. The van der Waals surface area contributed by atoms with Gasteiger partial charge in [0.05, 0.1) is 45.4 Å². The predicted octanol–water partition coefficient (Wildman–Crippen LogP) is 3.62. The third-order valence-corrected chi connectivity index (χ3v) is 4.57. The zero-order valence-corrected chi connectivity index (χ0v) is 18.1. The molecule has 0 radical (unpaired) electrons. The third kappa shape index (κ3) is 5.07. The second kappa shape index (κ2) is 10.2. The normalized spacial score (nSPS) is 10.1. The lowest BCUT2D eigenvalue weighted by Gasteiger charge is -2.12. The minimum absolute atomic E-state index is 0.130. The van der Waals surface area contributed by atoms with E-state index in [2.05, 4.69) is 15.6 Å². The van der Waals surface area contributed by atoms with E-state index in [4.69, 9.17) is 18.9 Å². The van der Waals surface area contributed by atoms with Crippen molar-refractivity contribution in [3.05, 3.63) is 66.0 Å². The van der Waals surface area contributed by atoms with E-state index in [0.717, 1.165) is 0 Å². The average Bonchev–Trinajstić information content (AvgIpc) is 2.83. The van der Waals surface area contributed by atoms with Crippen molar-refractivity contribution in [1.29, 1.82) is 0 Å². The highest BCUT2D eigenvalue weighted by Crippen LogP contribution is 2.30. The van der Waals surface area contributed by atoms with Gasteiger partial charge < -0.3 is 29.6 Å². The van der Waals surface area contributed by atoms with E-state index >= 15 is 0 Å². The molecule has 0 unspecified atom stereocenters. The van der Waals surface area contributed by atoms with Gasteiger partial charge in [0.2, 0.25) is 0 Å². The summed E-state index contributed by atoms with van der Waals surface area (Å²) in [6.07, 6.45) is 1.32. The minimum atomic E-state index is -0.460. The van der Waals surface area contributed by atoms with Crippen LogP contribution in [-0.2, 0) is 0 Å². The minimum Gasteiger partial charge on any atom is -0.497 e. The smallest absolute Gasteiger partial charge is 0.274 e. The molecule has 0 fully saturated rings. The van der Waals surface area contributed by atoms with Crippen molar-refractivity contribution in [2.45, 2.75) is 0 Å². The molecule has 0 bridgehead atoms. The Morgan fingerprint density at radius 1 is 0.688 bits per heavy atom. The number of methoxy groups -OCH3 is 4. The van der Waals surface area contributed by atoms with Crippen LogP contribution in [0.3, 0.4) is 0 Å². The summed E-state index contributed by atoms with van der Waals surface area (Å²) in [5.41, 5.74) is 1.28. The van der Waals surface area contributed by atoms with Crippen LogP contribution >= 0.6 is 0 Å². The monoisotopic (exact) mass is 437 g/mol. The highest BCUT2D eigenvalue weighted by atomic mass is 16.5. The lowest BCUT2D eigenvalue weighted by Crippen LogP contribution is -2.16. The molecule has 166 valence electrons. The highest BCUT2D eigenvalue weighted by molar-refractivity contribution is 6.06. The van der Waals surface area contributed by atoms with Crippen molar-refractivity contribution in [1.82, 2.24) is 4.98 Å². The maximum atomic E-state index is 12.6. The van der Waals surface area contributed by atoms with Crippen LogP contribution in [-0.4, -0.2) is 45.2 Å². The first-order valence-electron chi connectivity index (χ1n) is 9.51. The third-order valence-electron chi connectivity index (χ3n) is 4.57. The summed E-state index contributed by atoms with van der Waals surface area (Å²) in [6, 6.07) is 13.1. The molecule has 0 atom stereocenters. The Morgan fingerprint density at radius 3 is 1.66 bits per heavy atom. The van der Waals surface area contributed by atoms with Crippen LogP contribution in [0.5, 0.6) is 23.0 Å². The van der Waals surface area contributed by atoms with Crippen molar-refractivity contribution in [2.24, 2.45) is 0 Å². The molecule has 32 heavy (non-hydrogen) atoms. The first kappa shape index (κ1) is 22.4. The lowest BCUT2D eigenvalue weighted by atomic mass is 10.2. The van der Waals surface area contributed by atoms with Crippen LogP contribution in [0, 0.1) is 0 Å². The highest BCUT2D eigenvalue weighted by Gasteiger charge is 2.15. The molecule has 0 aliphatic heterocycles. The van der Waals surface area contributed by atoms with Gasteiger partial charge in [-0.1, -0.05) is 0 Å². The molecular formula is C23H23N3O6. The van der Waals surface area contributed by atoms with Gasteiger partial charge in [-0.25, -0.2) is 0 Å². The first-order chi connectivity index (χ1) is 15.5. The standard InChI is InChI=1S/C23H23N3O6/c1-29-15-6-9-20(31-3)18(11-15)25-22(27)14-5-8-17(24-13-14)23(28)26-19-12-16(30-2)7-10-21(19)32-4/h5-13H,1-4H3,(H,25,27)(H,26,28). The summed E-state index contributed by atoms with van der Waals surface area (Å²) in [5.74, 6) is 1.22. The molecule has 3 aromatic rings. The van der Waals surface area contributed by atoms with Crippen molar-refractivity contribution < 1.29 is 28.5 Å². The van der Waals surface area contributed by atoms with Crippen molar-refractivity contribution >= 4 is 23.2 Å². The molecule has 9 heteroatoms. The van der Waals surface area contributed by atoms with E-state index in [9.17, 15) is 9.59 Å². The molecule has 2 amide bonds. The van der Waals surface area contributed by atoms with Crippen molar-refractivity contribution in [3.63, 3.8) is 0 Å². The second-order valence-corrected chi connectivity index (χ2v) is 6.47. The lowest BCUT2D eigenvalue weighted by molar-refractivity contribution is 0.101. The van der Waals surface area contributed by atoms with Crippen LogP contribution in [0.15, 0.2) is 54.7 Å². The molecular weight excluding hydrogens is 414 g/mol. The summed E-state index contributed by atoms with van der Waals surface area (Å²) in [5, 5.41) is 5.49. The number of pyridine rings is 1. The number of hydrogen-bond donors (Lipinski definition) is 2. The number of hydrogen-bond acceptors (Lipinski definition) is 7. The number of carbonyl (C=O) groups excluding carboxylic acids is 2. The van der Waals surface area contributed by atoms with E-state index in [-0.39, 0.29) is 11.3 Å². The molecule has 0 aliphatic carbocycles. The van der Waals surface area contributed by atoms with Crippen LogP contribution in [0.2, 0.25) is 0 Å². The average molecular weight is 437 g/mol. The van der Waals surface area contributed by atoms with Gasteiger partial charge in [0, 0.05) is 18.3 Å². The topological polar surface area (TPSA) is 108 Å². The molecule has 0 saturated carbocycles. The predicted molar refractivity (Wildman–Crippen MR) is 119 cm³/mol. The maximum absolute atomic E-state index is 12.6. The van der Waals surface area contributed by atoms with E-state index in [0.29, 0.717) is 34.4 Å². The SMILES string of the molecule is COc1ccc(OC)c(NC(=O)c2ccc(C(=O)Nc3cc(OC)ccc3OC)nc2)c1. The Labute approximate surface area is 185 Å². The zero-order chi connectivity index (χ0) is 23.1. The summed E-state index contributed by atoms with van der Waals surface area (Å²) < 4.78 is 20.9. The first-order valence-corrected chi connectivity index (χ1v) is 9.51. The number of carbonyl (C=O) groups is 2. The summed E-state index contributed by atoms with van der Waals surface area (Å²) >= 11 is 0. The molecule has 3 rings (SSSR count). The number of benzene rings is 2. The number of nitrogens with zero attached hydrogens (tertiary/aromatic N) is 1. The number of aromatic nitrogens is 1. The van der Waals surface area contributed by atoms with Gasteiger partial charge in [-0.3, -0.25) is 14.6 Å². The van der Waals surface area contributed by atoms with E-state index in [1.54, 1.807) is 36.4 Å². The Bertz CT molecular complexity index is 1030. The van der Waals surface area contributed by atoms with Gasteiger partial charge in [-0.2, -0.15) is 0 Å². The summed E-state index contributed by atoms with van der Waals surface area (Å²) in [6.45, 7) is 0. The largest absolute Gasteiger partial charge is 0.497 e. The Balaban J connectivity index is 1.74. The number of anilines is 2. The van der Waals surface area contributed by atoms with Crippen LogP contribution in [0.4, 0.5) is 11.4 Å². The fourth-order valence-electron chi connectivity index (χ4n) is 2.87. The van der Waals surface area contributed by atoms with Crippen molar-refractivity contribution in [2.75, 3.05) is 39.1 Å². The number of nitrogens with one attached hydrogen (secondary N) is 2. The van der Waals surface area contributed by atoms with E-state index in [1.807, 2.05) is 0 Å². The number of amides is 2. The fourth-order valence-corrected chi connectivity index (χ4v) is 2.87. The molecule has 0 saturated heterocycles. The van der Waals surface area contributed by atoms with Gasteiger partial charge in [0.15, 0.2) is 0 Å². The molecule has 0 aliphatic rings. The quantitative estimate of drug-likeness (QED) is 0.554. The molecule has 2 aromatic carbocycles. The summed E-state index contributed by atoms with van der Waals surface area (Å²) in [7, 11) is 6.06. The molecule has 9 nitrogen and oxygen atoms in total. The zero-order valence-electron chi connectivity index (χ0n) is 18.1. The number of rotatable bonds is 8. The molecule has 1 heterocycles. The van der Waals surface area contributed by atoms with E-state index < -0.39 is 11.8 Å². The van der Waals surface area contributed by atoms with Crippen molar-refractivity contribution in [3.8, 4) is 23.0 Å². The van der Waals surface area contributed by atoms with Gasteiger partial charge in [-0.05, 0) is 36.4 Å². The van der Waals surface area contributed by atoms with Gasteiger partial charge >= 0.3 is 0 Å². The molecule has 1 aromatic heterocycles. The Morgan fingerprint density at radius 2 is 1.22 bits per heavy atom. The van der Waals surface area contributed by atoms with Gasteiger partial charge in [-0.15, -0.1) is 0 Å². The Kier molecular flexibility index (Phi) is 7.12. The maximum Gasteiger partial charge on any atom is 0.274 e. The fraction of sp³-hybridized carbons (Fsp3) is 0.174. The van der Waals surface area contributed by atoms with Gasteiger partial charge in [0.25, 0.3) is 11.8 Å². The van der Waals surface area contributed by atoms with Crippen LogP contribution in [0.25, 0.3) is 0 Å². The number of ether oxygens (including phenoxy) is 4. The molecule has 2 N–H and O–H groups in total. The molecule has 0 spiro atoms. The Hall–Kier alpha value is -4.27. The van der Waals surface area contributed by atoms with Gasteiger partial charge in [0.1, 0.15) is 28.7 Å². The van der Waals surface area contributed by atoms with Crippen LogP contribution < -0.4 is 29.6 Å². The second-order valence-electron chi connectivity index (χ2n) is 6.47. The van der Waals surface area contributed by atoms with E-state index in [1.165, 1.54) is 46.8 Å².